The fourth-order valence-corrected chi connectivity index (χ4v) is 4.66. The highest BCUT2D eigenvalue weighted by Gasteiger charge is 2.20. The SMILES string of the molecule is C#CCNS(=O)(=O)c1ccc(C(=O)N(Cc2cccs2)Cc2ccccc2OC)cc1. The number of rotatable bonds is 9. The van der Waals surface area contributed by atoms with Crippen LogP contribution < -0.4 is 9.46 Å². The standard InChI is InChI=1S/C23H22N2O4S2/c1-3-14-24-31(27,28)21-12-10-18(11-13-21)23(26)25(17-20-8-6-15-30-20)16-19-7-4-5-9-22(19)29-2/h1,4-13,15,24H,14,16-17H2,2H3. The van der Waals surface area contributed by atoms with Gasteiger partial charge in [0.2, 0.25) is 10.0 Å². The Hall–Kier alpha value is -3.12. The van der Waals surface area contributed by atoms with Gasteiger partial charge in [-0.25, -0.2) is 8.42 Å². The topological polar surface area (TPSA) is 75.7 Å². The number of carbonyl (C=O) groups is 1. The van der Waals surface area contributed by atoms with Crippen LogP contribution in [0.2, 0.25) is 0 Å². The van der Waals surface area contributed by atoms with E-state index in [0.29, 0.717) is 24.4 Å². The molecule has 3 aromatic rings. The van der Waals surface area contributed by atoms with Gasteiger partial charge in [0.05, 0.1) is 31.6 Å². The molecule has 0 saturated heterocycles. The highest BCUT2D eigenvalue weighted by atomic mass is 32.2. The number of thiophene rings is 1. The summed E-state index contributed by atoms with van der Waals surface area (Å²) in [5, 5.41) is 1.96. The van der Waals surface area contributed by atoms with Crippen molar-refractivity contribution < 1.29 is 17.9 Å². The number of hydrogen-bond donors (Lipinski definition) is 1. The molecule has 6 nitrogen and oxygen atoms in total. The van der Waals surface area contributed by atoms with Gasteiger partial charge in [-0.15, -0.1) is 17.8 Å². The lowest BCUT2D eigenvalue weighted by Crippen LogP contribution is -2.30. The molecule has 0 aliphatic carbocycles. The quantitative estimate of drug-likeness (QED) is 0.502. The highest BCUT2D eigenvalue weighted by molar-refractivity contribution is 7.89. The van der Waals surface area contributed by atoms with Gasteiger partial charge in [0.15, 0.2) is 0 Å². The maximum Gasteiger partial charge on any atom is 0.254 e. The zero-order valence-corrected chi connectivity index (χ0v) is 18.6. The second-order valence-electron chi connectivity index (χ2n) is 6.61. The van der Waals surface area contributed by atoms with Crippen molar-refractivity contribution in [3.8, 4) is 18.1 Å². The van der Waals surface area contributed by atoms with Gasteiger partial charge in [0, 0.05) is 16.0 Å². The Bertz CT molecular complexity index is 1170. The Balaban J connectivity index is 1.86. The summed E-state index contributed by atoms with van der Waals surface area (Å²) in [5.74, 6) is 2.72. The van der Waals surface area contributed by atoms with E-state index in [-0.39, 0.29) is 17.3 Å². The Morgan fingerprint density at radius 1 is 1.10 bits per heavy atom. The van der Waals surface area contributed by atoms with Crippen molar-refractivity contribution in [3.63, 3.8) is 0 Å². The Kier molecular flexibility index (Phi) is 7.47. The van der Waals surface area contributed by atoms with Crippen molar-refractivity contribution in [1.82, 2.24) is 9.62 Å². The monoisotopic (exact) mass is 454 g/mol. The average Bonchev–Trinajstić information content (AvgIpc) is 3.30. The molecule has 0 aliphatic heterocycles. The molecule has 0 radical (unpaired) electrons. The predicted molar refractivity (Wildman–Crippen MR) is 121 cm³/mol. The van der Waals surface area contributed by atoms with Gasteiger partial charge in [-0.3, -0.25) is 4.79 Å². The number of methoxy groups -OCH3 is 1. The zero-order chi connectivity index (χ0) is 22.3. The summed E-state index contributed by atoms with van der Waals surface area (Å²) in [6, 6.07) is 17.3. The first-order valence-corrected chi connectivity index (χ1v) is 11.8. The number of nitrogens with one attached hydrogen (secondary N) is 1. The van der Waals surface area contributed by atoms with Gasteiger partial charge in [-0.05, 0) is 41.8 Å². The largest absolute Gasteiger partial charge is 0.496 e. The average molecular weight is 455 g/mol. The number of hydrogen-bond acceptors (Lipinski definition) is 5. The van der Waals surface area contributed by atoms with E-state index in [2.05, 4.69) is 10.6 Å². The molecule has 1 heterocycles. The summed E-state index contributed by atoms with van der Waals surface area (Å²) in [6.07, 6.45) is 5.12. The molecule has 1 N–H and O–H groups in total. The van der Waals surface area contributed by atoms with Crippen LogP contribution in [0.4, 0.5) is 0 Å². The molecule has 1 aromatic heterocycles. The first kappa shape index (κ1) is 22.6. The van der Waals surface area contributed by atoms with Crippen LogP contribution in [0.15, 0.2) is 70.9 Å². The van der Waals surface area contributed by atoms with E-state index in [9.17, 15) is 13.2 Å². The summed E-state index contributed by atoms with van der Waals surface area (Å²) < 4.78 is 32.2. The fraction of sp³-hybridized carbons (Fsp3) is 0.174. The second kappa shape index (κ2) is 10.3. The molecule has 0 atom stereocenters. The minimum Gasteiger partial charge on any atom is -0.496 e. The van der Waals surface area contributed by atoms with Crippen molar-refractivity contribution in [2.24, 2.45) is 0 Å². The number of ether oxygens (including phenoxy) is 1. The molecule has 0 aliphatic rings. The van der Waals surface area contributed by atoms with Crippen molar-refractivity contribution in [2.45, 2.75) is 18.0 Å². The van der Waals surface area contributed by atoms with Gasteiger partial charge >= 0.3 is 0 Å². The molecule has 3 rings (SSSR count). The lowest BCUT2D eigenvalue weighted by molar-refractivity contribution is 0.0730. The second-order valence-corrected chi connectivity index (χ2v) is 9.40. The molecule has 0 bridgehead atoms. The van der Waals surface area contributed by atoms with Gasteiger partial charge in [0.25, 0.3) is 5.91 Å². The van der Waals surface area contributed by atoms with E-state index in [0.717, 1.165) is 10.4 Å². The molecule has 2 aromatic carbocycles. The number of nitrogens with zero attached hydrogens (tertiary/aromatic N) is 1. The molecule has 0 spiro atoms. The number of amides is 1. The van der Waals surface area contributed by atoms with Crippen LogP contribution in [0.1, 0.15) is 20.8 Å². The van der Waals surface area contributed by atoms with Crippen LogP contribution in [0.3, 0.4) is 0 Å². The maximum absolute atomic E-state index is 13.3. The highest BCUT2D eigenvalue weighted by Crippen LogP contribution is 2.23. The van der Waals surface area contributed by atoms with Crippen molar-refractivity contribution in [3.05, 3.63) is 82.0 Å². The van der Waals surface area contributed by atoms with E-state index in [1.807, 2.05) is 41.8 Å². The van der Waals surface area contributed by atoms with Gasteiger partial charge in [-0.2, -0.15) is 4.72 Å². The van der Waals surface area contributed by atoms with Crippen LogP contribution >= 0.6 is 11.3 Å². The lowest BCUT2D eigenvalue weighted by Gasteiger charge is -2.23. The predicted octanol–water partition coefficient (Wildman–Crippen LogP) is 3.51. The summed E-state index contributed by atoms with van der Waals surface area (Å²) in [4.78, 5) is 16.1. The summed E-state index contributed by atoms with van der Waals surface area (Å²) in [7, 11) is -2.12. The molecule has 31 heavy (non-hydrogen) atoms. The fourth-order valence-electron chi connectivity index (χ4n) is 3.01. The van der Waals surface area contributed by atoms with Crippen LogP contribution in [-0.2, 0) is 23.1 Å². The third-order valence-corrected chi connectivity index (χ3v) is 6.82. The summed E-state index contributed by atoms with van der Waals surface area (Å²) in [5.41, 5.74) is 1.27. The number of terminal acetylenes is 1. The number of benzene rings is 2. The first-order chi connectivity index (χ1) is 14.9. The summed E-state index contributed by atoms with van der Waals surface area (Å²) >= 11 is 1.57. The van der Waals surface area contributed by atoms with Crippen molar-refractivity contribution >= 4 is 27.3 Å². The van der Waals surface area contributed by atoms with E-state index in [1.54, 1.807) is 23.3 Å². The van der Waals surface area contributed by atoms with E-state index in [4.69, 9.17) is 11.2 Å². The van der Waals surface area contributed by atoms with Gasteiger partial charge in [0.1, 0.15) is 5.75 Å². The van der Waals surface area contributed by atoms with Crippen LogP contribution in [0.25, 0.3) is 0 Å². The Morgan fingerprint density at radius 3 is 2.48 bits per heavy atom. The van der Waals surface area contributed by atoms with Crippen LogP contribution in [-0.4, -0.2) is 32.9 Å². The van der Waals surface area contributed by atoms with E-state index < -0.39 is 10.0 Å². The molecular weight excluding hydrogens is 432 g/mol. The molecule has 0 saturated carbocycles. The summed E-state index contributed by atoms with van der Waals surface area (Å²) in [6.45, 7) is 0.680. The Morgan fingerprint density at radius 2 is 1.84 bits per heavy atom. The molecular formula is C23H22N2O4S2. The maximum atomic E-state index is 13.3. The van der Waals surface area contributed by atoms with E-state index in [1.165, 1.54) is 24.3 Å². The number of carbonyl (C=O) groups excluding carboxylic acids is 1. The molecule has 8 heteroatoms. The Labute approximate surface area is 186 Å². The van der Waals surface area contributed by atoms with Crippen molar-refractivity contribution in [2.75, 3.05) is 13.7 Å². The third kappa shape index (κ3) is 5.73. The lowest BCUT2D eigenvalue weighted by atomic mass is 10.1. The first-order valence-electron chi connectivity index (χ1n) is 9.41. The van der Waals surface area contributed by atoms with Gasteiger partial charge in [-0.1, -0.05) is 30.2 Å². The molecule has 0 unspecified atom stereocenters. The number of para-hydroxylation sites is 1. The molecule has 1 amide bonds. The van der Waals surface area contributed by atoms with Gasteiger partial charge < -0.3 is 9.64 Å². The van der Waals surface area contributed by atoms with Crippen LogP contribution in [0.5, 0.6) is 5.75 Å². The normalized spacial score (nSPS) is 11.0. The number of sulfonamides is 1. The molecule has 0 fully saturated rings. The smallest absolute Gasteiger partial charge is 0.254 e. The zero-order valence-electron chi connectivity index (χ0n) is 16.9. The van der Waals surface area contributed by atoms with Crippen LogP contribution in [0, 0.1) is 12.3 Å². The molecule has 160 valence electrons. The third-order valence-electron chi connectivity index (χ3n) is 4.54. The van der Waals surface area contributed by atoms with Crippen molar-refractivity contribution in [1.29, 1.82) is 0 Å². The van der Waals surface area contributed by atoms with E-state index >= 15 is 0 Å². The minimum absolute atomic E-state index is 0.0498. The minimum atomic E-state index is -3.72.